The fourth-order valence-electron chi connectivity index (χ4n) is 1.42. The second-order valence-electron chi connectivity index (χ2n) is 2.77. The average molecular weight is 300 g/mol. The van der Waals surface area contributed by atoms with Gasteiger partial charge in [0.1, 0.15) is 3.66 Å². The molecule has 0 saturated carbocycles. The van der Waals surface area contributed by atoms with E-state index in [-0.39, 0.29) is 0 Å². The quantitative estimate of drug-likeness (QED) is 0.498. The van der Waals surface area contributed by atoms with Crippen LogP contribution in [0.5, 0.6) is 0 Å². The summed E-state index contributed by atoms with van der Waals surface area (Å²) in [6, 6.07) is 0. The molecule has 10 heavy (non-hydrogen) atoms. The highest BCUT2D eigenvalue weighted by Gasteiger charge is 2.70. The zero-order valence-electron chi connectivity index (χ0n) is 4.88. The highest BCUT2D eigenvalue weighted by atomic mass is 79.9. The Hall–Kier alpha value is 1.40. The van der Waals surface area contributed by atoms with Gasteiger partial charge >= 0.3 is 0 Å². The Morgan fingerprint density at radius 2 is 2.40 bits per heavy atom. The summed E-state index contributed by atoms with van der Waals surface area (Å²) in [7, 11) is 0. The molecule has 1 aliphatic carbocycles. The second-order valence-corrected chi connectivity index (χ2v) is 8.23. The van der Waals surface area contributed by atoms with Crippen LogP contribution in [0.4, 0.5) is 0 Å². The van der Waals surface area contributed by atoms with Crippen LogP contribution >= 0.6 is 55.4 Å². The molecule has 0 bridgehead atoms. The van der Waals surface area contributed by atoms with Gasteiger partial charge in [-0.3, -0.25) is 0 Å². The first-order valence-electron chi connectivity index (χ1n) is 3.11. The maximum absolute atomic E-state index is 3.79. The maximum atomic E-state index is 3.79. The molecule has 4 unspecified atom stereocenters. The zero-order chi connectivity index (χ0) is 6.93. The van der Waals surface area contributed by atoms with Crippen molar-refractivity contribution in [3.8, 4) is 0 Å². The fourth-order valence-corrected chi connectivity index (χ4v) is 7.20. The molecular formula is C6H4Br2S2. The minimum Gasteiger partial charge on any atom is -0.146 e. The topological polar surface area (TPSA) is 0 Å². The summed E-state index contributed by atoms with van der Waals surface area (Å²) in [6.07, 6.45) is 2.36. The van der Waals surface area contributed by atoms with Crippen molar-refractivity contribution in [2.24, 2.45) is 0 Å². The molecule has 0 N–H and O–H groups in total. The van der Waals surface area contributed by atoms with E-state index in [2.05, 4.69) is 49.7 Å². The molecule has 0 amide bonds. The van der Waals surface area contributed by atoms with Crippen LogP contribution in [0.2, 0.25) is 0 Å². The third-order valence-electron chi connectivity index (χ3n) is 2.09. The molecule has 2 heterocycles. The molecule has 3 aliphatic rings. The lowest BCUT2D eigenvalue weighted by Gasteiger charge is -2.07. The first-order valence-corrected chi connectivity index (χ1v) is 6.52. The van der Waals surface area contributed by atoms with E-state index in [4.69, 9.17) is 0 Å². The van der Waals surface area contributed by atoms with Gasteiger partial charge in [0, 0.05) is 15.0 Å². The lowest BCUT2D eigenvalue weighted by atomic mass is 10.1. The molecule has 4 atom stereocenters. The number of fused-ring (bicyclic) bond motifs is 3. The fraction of sp³-hybridized carbons (Fsp3) is 0.667. The smallest absolute Gasteiger partial charge is 0.101 e. The molecule has 3 rings (SSSR count). The van der Waals surface area contributed by atoms with Gasteiger partial charge in [-0.1, -0.05) is 37.9 Å². The van der Waals surface area contributed by atoms with Gasteiger partial charge in [0.2, 0.25) is 0 Å². The van der Waals surface area contributed by atoms with Gasteiger partial charge in [-0.2, -0.15) is 0 Å². The highest BCUT2D eigenvalue weighted by molar-refractivity contribution is 9.13. The molecular weight excluding hydrogens is 296 g/mol. The Morgan fingerprint density at radius 1 is 1.60 bits per heavy atom. The predicted octanol–water partition coefficient (Wildman–Crippen LogP) is 2.97. The second kappa shape index (κ2) is 1.83. The molecule has 2 aliphatic heterocycles. The van der Waals surface area contributed by atoms with Gasteiger partial charge in [-0.15, -0.1) is 23.5 Å². The summed E-state index contributed by atoms with van der Waals surface area (Å²) in [5.74, 6) is 0. The number of rotatable bonds is 0. The van der Waals surface area contributed by atoms with Crippen LogP contribution in [0.25, 0.3) is 0 Å². The minimum atomic E-state index is 0.427. The van der Waals surface area contributed by atoms with E-state index in [9.17, 15) is 0 Å². The summed E-state index contributed by atoms with van der Waals surface area (Å²) in [4.78, 5) is 0. The van der Waals surface area contributed by atoms with E-state index in [1.807, 2.05) is 11.8 Å². The lowest BCUT2D eigenvalue weighted by molar-refractivity contribution is 0.890. The molecule has 0 radical (unpaired) electrons. The minimum absolute atomic E-state index is 0.427. The number of alkyl halides is 1. The van der Waals surface area contributed by atoms with E-state index < -0.39 is 0 Å². The summed E-state index contributed by atoms with van der Waals surface area (Å²) >= 11 is 11.5. The van der Waals surface area contributed by atoms with Gasteiger partial charge in [0.25, 0.3) is 0 Å². The summed E-state index contributed by atoms with van der Waals surface area (Å²) in [5.41, 5.74) is 0. The molecule has 0 spiro atoms. The molecule has 2 saturated heterocycles. The number of halogens is 2. The monoisotopic (exact) mass is 298 g/mol. The van der Waals surface area contributed by atoms with Crippen LogP contribution in [0, 0.1) is 0 Å². The molecule has 4 heteroatoms. The van der Waals surface area contributed by atoms with E-state index in [0.717, 1.165) is 15.7 Å². The van der Waals surface area contributed by atoms with Crippen molar-refractivity contribution < 1.29 is 0 Å². The Bertz CT molecular complexity index is 240. The molecule has 0 nitrogen and oxygen atoms in total. The Kier molecular flexibility index (Phi) is 1.26. The van der Waals surface area contributed by atoms with Gasteiger partial charge in [0.15, 0.2) is 0 Å². The Morgan fingerprint density at radius 3 is 3.20 bits per heavy atom. The van der Waals surface area contributed by atoms with Crippen molar-refractivity contribution in [2.45, 2.75) is 19.4 Å². The Labute approximate surface area is 84.8 Å². The van der Waals surface area contributed by atoms with Crippen molar-refractivity contribution in [3.05, 3.63) is 10.6 Å². The van der Waals surface area contributed by atoms with Gasteiger partial charge in [-0.05, 0) is 0 Å². The van der Waals surface area contributed by atoms with Crippen molar-refractivity contribution in [3.63, 3.8) is 0 Å². The van der Waals surface area contributed by atoms with E-state index in [0.29, 0.717) is 3.66 Å². The van der Waals surface area contributed by atoms with Crippen LogP contribution in [0.3, 0.4) is 0 Å². The lowest BCUT2D eigenvalue weighted by Crippen LogP contribution is -2.18. The average Bonchev–Trinajstić information content (AvgIpc) is 2.61. The van der Waals surface area contributed by atoms with Gasteiger partial charge in [-0.25, -0.2) is 0 Å². The van der Waals surface area contributed by atoms with E-state index in [1.165, 1.54) is 4.48 Å². The van der Waals surface area contributed by atoms with E-state index in [1.54, 1.807) is 0 Å². The first-order chi connectivity index (χ1) is 4.72. The van der Waals surface area contributed by atoms with Crippen LogP contribution in [-0.4, -0.2) is 19.4 Å². The summed E-state index contributed by atoms with van der Waals surface area (Å²) < 4.78 is 1.83. The number of thioether (sulfide) groups is 2. The van der Waals surface area contributed by atoms with Crippen LogP contribution in [0.15, 0.2) is 10.6 Å². The third kappa shape index (κ3) is 0.718. The van der Waals surface area contributed by atoms with E-state index >= 15 is 0 Å². The van der Waals surface area contributed by atoms with Crippen molar-refractivity contribution in [1.82, 2.24) is 0 Å². The number of hydrogen-bond acceptors (Lipinski definition) is 2. The predicted molar refractivity (Wildman–Crippen MR) is 55.2 cm³/mol. The molecule has 0 aromatic carbocycles. The van der Waals surface area contributed by atoms with Crippen LogP contribution < -0.4 is 0 Å². The zero-order valence-corrected chi connectivity index (χ0v) is 9.69. The first kappa shape index (κ1) is 6.87. The standard InChI is InChI=1S/C6H4Br2S2/c7-2-1-3-5(9-3)6(8)4(2)10-6/h1,3-5H. The van der Waals surface area contributed by atoms with Crippen LogP contribution in [0.1, 0.15) is 0 Å². The number of hydrogen-bond donors (Lipinski definition) is 0. The SMILES string of the molecule is BrC1=CC2SC2C2(Br)SC12. The van der Waals surface area contributed by atoms with Crippen molar-refractivity contribution >= 4 is 55.4 Å². The van der Waals surface area contributed by atoms with Crippen molar-refractivity contribution in [2.75, 3.05) is 0 Å². The normalized spacial score (nSPS) is 62.2. The molecule has 0 aromatic heterocycles. The van der Waals surface area contributed by atoms with Crippen LogP contribution in [-0.2, 0) is 0 Å². The molecule has 54 valence electrons. The van der Waals surface area contributed by atoms with Gasteiger partial charge in [0.05, 0.1) is 5.25 Å². The third-order valence-corrected chi connectivity index (χ3v) is 8.20. The summed E-state index contributed by atoms with van der Waals surface area (Å²) in [6.45, 7) is 0. The molecule has 2 fully saturated rings. The summed E-state index contributed by atoms with van der Waals surface area (Å²) in [5, 5.41) is 2.40. The van der Waals surface area contributed by atoms with Gasteiger partial charge < -0.3 is 0 Å². The highest BCUT2D eigenvalue weighted by Crippen LogP contribution is 2.75. The van der Waals surface area contributed by atoms with Crippen molar-refractivity contribution in [1.29, 1.82) is 0 Å². The Balaban J connectivity index is 2.06. The maximum Gasteiger partial charge on any atom is 0.101 e. The largest absolute Gasteiger partial charge is 0.146 e. The molecule has 0 aromatic rings.